The highest BCUT2D eigenvalue weighted by molar-refractivity contribution is 6.00. The minimum absolute atomic E-state index is 0.00531. The average Bonchev–Trinajstić information content (AvgIpc) is 2.91. The molecule has 2 amide bonds. The van der Waals surface area contributed by atoms with E-state index in [1.165, 1.54) is 18.4 Å². The summed E-state index contributed by atoms with van der Waals surface area (Å²) in [6.07, 6.45) is 3.26. The van der Waals surface area contributed by atoms with E-state index in [1.807, 2.05) is 12.1 Å². The monoisotopic (exact) mass is 316 g/mol. The standard InChI is InChI=1S/C18H24N2O3/c1-2-3-4-13-5-7-15(8-6-13)20-10-14(9-17(20)22)18(23)19-11-16(21)12-19/h5-8,14,16,21H,2-4,9-12H2,1H3/t14-/m1/s1. The van der Waals surface area contributed by atoms with E-state index >= 15 is 0 Å². The topological polar surface area (TPSA) is 60.9 Å². The Morgan fingerprint density at radius 2 is 1.91 bits per heavy atom. The van der Waals surface area contributed by atoms with Gasteiger partial charge >= 0.3 is 0 Å². The van der Waals surface area contributed by atoms with Gasteiger partial charge in [0, 0.05) is 31.7 Å². The number of hydrogen-bond donors (Lipinski definition) is 1. The summed E-state index contributed by atoms with van der Waals surface area (Å²) >= 11 is 0. The zero-order valence-electron chi connectivity index (χ0n) is 13.6. The lowest BCUT2D eigenvalue weighted by molar-refractivity contribution is -0.145. The average molecular weight is 316 g/mol. The normalized spacial score (nSPS) is 21.7. The molecular weight excluding hydrogens is 292 g/mol. The summed E-state index contributed by atoms with van der Waals surface area (Å²) in [6.45, 7) is 3.41. The third-order valence-corrected chi connectivity index (χ3v) is 4.72. The summed E-state index contributed by atoms with van der Waals surface area (Å²) in [5.74, 6) is -0.286. The Bertz CT molecular complexity index is 578. The maximum absolute atomic E-state index is 12.3. The van der Waals surface area contributed by atoms with Crippen LogP contribution in [0.25, 0.3) is 0 Å². The highest BCUT2D eigenvalue weighted by Crippen LogP contribution is 2.28. The Kier molecular flexibility index (Phi) is 4.66. The van der Waals surface area contributed by atoms with Crippen molar-refractivity contribution in [3.63, 3.8) is 0 Å². The second kappa shape index (κ2) is 6.71. The highest BCUT2D eigenvalue weighted by atomic mass is 16.3. The van der Waals surface area contributed by atoms with Crippen molar-refractivity contribution in [3.8, 4) is 0 Å². The van der Waals surface area contributed by atoms with Crippen LogP contribution in [-0.2, 0) is 16.0 Å². The van der Waals surface area contributed by atoms with Gasteiger partial charge in [-0.1, -0.05) is 25.5 Å². The van der Waals surface area contributed by atoms with Gasteiger partial charge in [0.1, 0.15) is 0 Å². The van der Waals surface area contributed by atoms with Gasteiger partial charge < -0.3 is 14.9 Å². The number of carbonyl (C=O) groups is 2. The number of amides is 2. The number of likely N-dealkylation sites (tertiary alicyclic amines) is 1. The van der Waals surface area contributed by atoms with Crippen LogP contribution in [0.5, 0.6) is 0 Å². The van der Waals surface area contributed by atoms with Gasteiger partial charge in [0.05, 0.1) is 12.0 Å². The van der Waals surface area contributed by atoms with Crippen LogP contribution < -0.4 is 4.90 Å². The molecule has 1 N–H and O–H groups in total. The highest BCUT2D eigenvalue weighted by Gasteiger charge is 2.40. The molecule has 124 valence electrons. The summed E-state index contributed by atoms with van der Waals surface area (Å²) in [5, 5.41) is 9.31. The van der Waals surface area contributed by atoms with Crippen LogP contribution in [0.2, 0.25) is 0 Å². The number of hydrogen-bond acceptors (Lipinski definition) is 3. The number of anilines is 1. The minimum atomic E-state index is -0.400. The smallest absolute Gasteiger partial charge is 0.228 e. The summed E-state index contributed by atoms with van der Waals surface area (Å²) in [4.78, 5) is 27.9. The molecule has 2 saturated heterocycles. The fraction of sp³-hybridized carbons (Fsp3) is 0.556. The first-order valence-electron chi connectivity index (χ1n) is 8.44. The molecule has 2 fully saturated rings. The van der Waals surface area contributed by atoms with Gasteiger partial charge in [-0.15, -0.1) is 0 Å². The van der Waals surface area contributed by atoms with E-state index in [9.17, 15) is 14.7 Å². The van der Waals surface area contributed by atoms with Gasteiger partial charge in [-0.2, -0.15) is 0 Å². The fourth-order valence-electron chi connectivity index (χ4n) is 3.24. The van der Waals surface area contributed by atoms with Gasteiger partial charge in [-0.25, -0.2) is 0 Å². The van der Waals surface area contributed by atoms with E-state index in [1.54, 1.807) is 9.80 Å². The van der Waals surface area contributed by atoms with Crippen molar-refractivity contribution in [2.45, 2.75) is 38.7 Å². The summed E-state index contributed by atoms with van der Waals surface area (Å²) in [7, 11) is 0. The lowest BCUT2D eigenvalue weighted by Crippen LogP contribution is -2.55. The Morgan fingerprint density at radius 3 is 2.52 bits per heavy atom. The Balaban J connectivity index is 1.62. The third-order valence-electron chi connectivity index (χ3n) is 4.72. The number of rotatable bonds is 5. The molecule has 0 radical (unpaired) electrons. The number of carbonyl (C=O) groups excluding carboxylic acids is 2. The number of nitrogens with zero attached hydrogens (tertiary/aromatic N) is 2. The van der Waals surface area contributed by atoms with E-state index in [2.05, 4.69) is 19.1 Å². The number of β-amino-alcohol motifs (C(OH)–C–C–N with tert-alkyl or cyclic N) is 1. The quantitative estimate of drug-likeness (QED) is 0.897. The lowest BCUT2D eigenvalue weighted by atomic mass is 10.0. The number of aryl methyl sites for hydroxylation is 1. The Hall–Kier alpha value is -1.88. The molecule has 0 unspecified atom stereocenters. The first kappa shape index (κ1) is 16.0. The molecule has 23 heavy (non-hydrogen) atoms. The van der Waals surface area contributed by atoms with Crippen LogP contribution in [0.15, 0.2) is 24.3 Å². The van der Waals surface area contributed by atoms with Crippen molar-refractivity contribution in [1.82, 2.24) is 4.90 Å². The van der Waals surface area contributed by atoms with Crippen molar-refractivity contribution >= 4 is 17.5 Å². The van der Waals surface area contributed by atoms with Crippen LogP contribution in [0.1, 0.15) is 31.7 Å². The SMILES string of the molecule is CCCCc1ccc(N2C[C@H](C(=O)N3CC(O)C3)CC2=O)cc1. The zero-order valence-corrected chi connectivity index (χ0v) is 13.6. The number of aliphatic hydroxyl groups excluding tert-OH is 1. The fourth-order valence-corrected chi connectivity index (χ4v) is 3.24. The van der Waals surface area contributed by atoms with Crippen molar-refractivity contribution < 1.29 is 14.7 Å². The summed E-state index contributed by atoms with van der Waals surface area (Å²) in [6, 6.07) is 8.09. The molecule has 3 rings (SSSR count). The minimum Gasteiger partial charge on any atom is -0.389 e. The van der Waals surface area contributed by atoms with Crippen molar-refractivity contribution in [2.24, 2.45) is 5.92 Å². The first-order chi connectivity index (χ1) is 11.1. The molecule has 5 nitrogen and oxygen atoms in total. The van der Waals surface area contributed by atoms with Crippen LogP contribution >= 0.6 is 0 Å². The van der Waals surface area contributed by atoms with Crippen LogP contribution in [0.4, 0.5) is 5.69 Å². The van der Waals surface area contributed by atoms with E-state index in [0.717, 1.165) is 12.1 Å². The number of unbranched alkanes of at least 4 members (excludes halogenated alkanes) is 1. The Morgan fingerprint density at radius 1 is 1.22 bits per heavy atom. The predicted molar refractivity (Wildman–Crippen MR) is 88.1 cm³/mol. The molecule has 5 heteroatoms. The lowest BCUT2D eigenvalue weighted by Gasteiger charge is -2.37. The van der Waals surface area contributed by atoms with Crippen LogP contribution in [0.3, 0.4) is 0 Å². The van der Waals surface area contributed by atoms with Gasteiger partial charge in [0.15, 0.2) is 0 Å². The predicted octanol–water partition coefficient (Wildman–Crippen LogP) is 1.59. The van der Waals surface area contributed by atoms with E-state index in [4.69, 9.17) is 0 Å². The maximum atomic E-state index is 12.3. The van der Waals surface area contributed by atoms with Crippen LogP contribution in [-0.4, -0.2) is 47.6 Å². The summed E-state index contributed by atoms with van der Waals surface area (Å²) < 4.78 is 0. The van der Waals surface area contributed by atoms with Gasteiger partial charge in [-0.3, -0.25) is 9.59 Å². The molecule has 2 heterocycles. The number of aliphatic hydroxyl groups is 1. The zero-order chi connectivity index (χ0) is 16.4. The van der Waals surface area contributed by atoms with E-state index < -0.39 is 6.10 Å². The van der Waals surface area contributed by atoms with Crippen LogP contribution in [0, 0.1) is 5.92 Å². The van der Waals surface area contributed by atoms with Gasteiger partial charge in [-0.05, 0) is 30.5 Å². The van der Waals surface area contributed by atoms with E-state index in [0.29, 0.717) is 19.6 Å². The molecule has 1 aromatic carbocycles. The number of benzene rings is 1. The molecule has 0 bridgehead atoms. The van der Waals surface area contributed by atoms with Crippen molar-refractivity contribution in [3.05, 3.63) is 29.8 Å². The molecule has 1 aromatic rings. The molecule has 0 spiro atoms. The van der Waals surface area contributed by atoms with Crippen molar-refractivity contribution in [1.29, 1.82) is 0 Å². The molecule has 2 aliphatic rings. The molecular formula is C18H24N2O3. The largest absolute Gasteiger partial charge is 0.389 e. The Labute approximate surface area is 136 Å². The van der Waals surface area contributed by atoms with Gasteiger partial charge in [0.2, 0.25) is 11.8 Å². The third kappa shape index (κ3) is 3.39. The van der Waals surface area contributed by atoms with E-state index in [-0.39, 0.29) is 24.2 Å². The molecule has 0 aliphatic carbocycles. The van der Waals surface area contributed by atoms with Gasteiger partial charge in [0.25, 0.3) is 0 Å². The molecule has 1 atom stereocenters. The molecule has 0 aromatic heterocycles. The van der Waals surface area contributed by atoms with Crippen molar-refractivity contribution in [2.75, 3.05) is 24.5 Å². The maximum Gasteiger partial charge on any atom is 0.228 e. The summed E-state index contributed by atoms with van der Waals surface area (Å²) in [5.41, 5.74) is 2.15. The second-order valence-corrected chi connectivity index (χ2v) is 6.57. The first-order valence-corrected chi connectivity index (χ1v) is 8.44. The molecule has 0 saturated carbocycles. The second-order valence-electron chi connectivity index (χ2n) is 6.57. The molecule has 2 aliphatic heterocycles.